The Hall–Kier alpha value is -2.51. The van der Waals surface area contributed by atoms with Gasteiger partial charge >= 0.3 is 5.97 Å². The molecule has 146 valence electrons. The molecule has 0 saturated heterocycles. The highest BCUT2D eigenvalue weighted by atomic mass is 32.1. The normalized spacial score (nSPS) is 13.5. The average molecular weight is 398 g/mol. The number of nitrogens with zero attached hydrogens (tertiary/aromatic N) is 2. The summed E-state index contributed by atoms with van der Waals surface area (Å²) in [7, 11) is 1.54. The van der Waals surface area contributed by atoms with Crippen LogP contribution in [0.3, 0.4) is 0 Å². The molecule has 0 radical (unpaired) electrons. The zero-order valence-electron chi connectivity index (χ0n) is 15.8. The van der Waals surface area contributed by atoms with Crippen molar-refractivity contribution in [3.63, 3.8) is 0 Å². The summed E-state index contributed by atoms with van der Waals surface area (Å²) in [6.45, 7) is 0.328. The zero-order valence-corrected chi connectivity index (χ0v) is 16.6. The van der Waals surface area contributed by atoms with Crippen LogP contribution in [0.4, 0.5) is 0 Å². The van der Waals surface area contributed by atoms with Crippen molar-refractivity contribution >= 4 is 27.5 Å². The quantitative estimate of drug-likeness (QED) is 0.471. The lowest BCUT2D eigenvalue weighted by Gasteiger charge is -2.16. The summed E-state index contributed by atoms with van der Waals surface area (Å²) in [5.41, 5.74) is 4.47. The first-order chi connectivity index (χ1) is 13.7. The molecule has 0 spiro atoms. The molecule has 6 nitrogen and oxygen atoms in total. The van der Waals surface area contributed by atoms with Gasteiger partial charge in [-0.05, 0) is 42.4 Å². The van der Waals surface area contributed by atoms with Crippen LogP contribution in [0.15, 0.2) is 34.7 Å². The summed E-state index contributed by atoms with van der Waals surface area (Å²) in [6, 6.07) is 6.46. The number of carbonyl (C=O) groups is 1. The molecular weight excluding hydrogens is 376 g/mol. The number of aryl methyl sites for hydroxylation is 2. The van der Waals surface area contributed by atoms with Crippen molar-refractivity contribution < 1.29 is 14.3 Å². The maximum absolute atomic E-state index is 13.0. The highest BCUT2D eigenvalue weighted by Crippen LogP contribution is 2.33. The summed E-state index contributed by atoms with van der Waals surface area (Å²) in [5.74, 6) is -0.481. The minimum Gasteiger partial charge on any atom is -0.462 e. The van der Waals surface area contributed by atoms with Gasteiger partial charge in [0.15, 0.2) is 0 Å². The van der Waals surface area contributed by atoms with E-state index >= 15 is 0 Å². The molecule has 28 heavy (non-hydrogen) atoms. The van der Waals surface area contributed by atoms with E-state index in [1.165, 1.54) is 53.3 Å². The van der Waals surface area contributed by atoms with Crippen LogP contribution in [-0.2, 0) is 33.7 Å². The van der Waals surface area contributed by atoms with Gasteiger partial charge in [-0.1, -0.05) is 18.2 Å². The monoisotopic (exact) mass is 398 g/mol. The second-order valence-electron chi connectivity index (χ2n) is 6.91. The Bertz CT molecular complexity index is 1070. The minimum absolute atomic E-state index is 0.162. The fourth-order valence-electron chi connectivity index (χ4n) is 3.62. The summed E-state index contributed by atoms with van der Waals surface area (Å²) in [5, 5.41) is 2.54. The predicted molar refractivity (Wildman–Crippen MR) is 109 cm³/mol. The molecule has 1 aliphatic rings. The van der Waals surface area contributed by atoms with Crippen molar-refractivity contribution in [2.45, 2.75) is 32.2 Å². The van der Waals surface area contributed by atoms with Gasteiger partial charge in [0.2, 0.25) is 0 Å². The van der Waals surface area contributed by atoms with Crippen molar-refractivity contribution in [2.24, 2.45) is 0 Å². The van der Waals surface area contributed by atoms with E-state index in [4.69, 9.17) is 9.47 Å². The molecule has 2 aromatic heterocycles. The van der Waals surface area contributed by atoms with E-state index in [-0.39, 0.29) is 18.7 Å². The molecule has 3 aromatic rings. The van der Waals surface area contributed by atoms with Crippen LogP contribution in [0, 0.1) is 0 Å². The summed E-state index contributed by atoms with van der Waals surface area (Å²) in [6.07, 6.45) is 6.07. The van der Waals surface area contributed by atoms with Gasteiger partial charge in [0.25, 0.3) is 5.56 Å². The van der Waals surface area contributed by atoms with Crippen LogP contribution in [0.2, 0.25) is 0 Å². The molecule has 1 aromatic carbocycles. The Kier molecular flexibility index (Phi) is 5.54. The van der Waals surface area contributed by atoms with Gasteiger partial charge in [0, 0.05) is 18.1 Å². The van der Waals surface area contributed by atoms with E-state index < -0.39 is 5.97 Å². The minimum atomic E-state index is -0.481. The molecule has 1 aliphatic carbocycles. The Morgan fingerprint density at radius 2 is 2.04 bits per heavy atom. The Morgan fingerprint density at radius 3 is 2.86 bits per heavy atom. The molecule has 0 atom stereocenters. The largest absolute Gasteiger partial charge is 0.462 e. The van der Waals surface area contributed by atoms with Gasteiger partial charge in [-0.15, -0.1) is 11.3 Å². The predicted octanol–water partition coefficient (Wildman–Crippen LogP) is 3.19. The van der Waals surface area contributed by atoms with Crippen molar-refractivity contribution in [3.8, 4) is 11.1 Å². The molecule has 0 amide bonds. The lowest BCUT2D eigenvalue weighted by molar-refractivity contribution is -0.145. The Balaban J connectivity index is 1.67. The van der Waals surface area contributed by atoms with E-state index in [0.29, 0.717) is 16.8 Å². The first kappa shape index (κ1) is 18.8. The van der Waals surface area contributed by atoms with Crippen molar-refractivity contribution in [3.05, 3.63) is 51.4 Å². The topological polar surface area (TPSA) is 70.4 Å². The third-order valence-corrected chi connectivity index (χ3v) is 5.96. The van der Waals surface area contributed by atoms with Gasteiger partial charge in [-0.2, -0.15) is 0 Å². The van der Waals surface area contributed by atoms with E-state index in [2.05, 4.69) is 23.2 Å². The number of methoxy groups -OCH3 is 1. The van der Waals surface area contributed by atoms with E-state index in [1.807, 2.05) is 5.38 Å². The molecule has 7 heteroatoms. The lowest BCUT2D eigenvalue weighted by atomic mass is 9.89. The number of hydrogen-bond donors (Lipinski definition) is 0. The molecule has 4 rings (SSSR count). The van der Waals surface area contributed by atoms with Gasteiger partial charge in [0.05, 0.1) is 18.3 Å². The van der Waals surface area contributed by atoms with E-state index in [9.17, 15) is 9.59 Å². The number of carbonyl (C=O) groups excluding carboxylic acids is 1. The summed E-state index contributed by atoms with van der Waals surface area (Å²) in [4.78, 5) is 30.1. The second kappa shape index (κ2) is 8.24. The number of aromatic nitrogens is 2. The standard InChI is InChI=1S/C21H22N2O4S/c1-26-8-9-27-18(24)11-23-13-22-20-19(21(23)25)17(12-28-20)16-7-6-14-4-2-3-5-15(14)10-16/h6-7,10,12-13H,2-5,8-9,11H2,1H3. The highest BCUT2D eigenvalue weighted by Gasteiger charge is 2.17. The molecule has 0 saturated carbocycles. The molecule has 0 aliphatic heterocycles. The number of thiophene rings is 1. The van der Waals surface area contributed by atoms with Crippen LogP contribution >= 0.6 is 11.3 Å². The Labute approximate surface area is 166 Å². The van der Waals surface area contributed by atoms with Crippen LogP contribution in [0.5, 0.6) is 0 Å². The first-order valence-corrected chi connectivity index (χ1v) is 10.3. The zero-order chi connectivity index (χ0) is 19.5. The number of esters is 1. The lowest BCUT2D eigenvalue weighted by Crippen LogP contribution is -2.26. The summed E-state index contributed by atoms with van der Waals surface area (Å²) >= 11 is 1.45. The second-order valence-corrected chi connectivity index (χ2v) is 7.77. The maximum Gasteiger partial charge on any atom is 0.326 e. The molecular formula is C21H22N2O4S. The van der Waals surface area contributed by atoms with Crippen LogP contribution in [-0.4, -0.2) is 35.8 Å². The highest BCUT2D eigenvalue weighted by molar-refractivity contribution is 7.17. The number of fused-ring (bicyclic) bond motifs is 2. The third-order valence-electron chi connectivity index (χ3n) is 5.07. The molecule has 0 N–H and O–H groups in total. The maximum atomic E-state index is 13.0. The van der Waals surface area contributed by atoms with Crippen molar-refractivity contribution in [1.82, 2.24) is 9.55 Å². The fraction of sp³-hybridized carbons (Fsp3) is 0.381. The van der Waals surface area contributed by atoms with Crippen molar-refractivity contribution in [1.29, 1.82) is 0 Å². The van der Waals surface area contributed by atoms with Gasteiger partial charge in [-0.3, -0.25) is 14.2 Å². The van der Waals surface area contributed by atoms with Crippen LogP contribution in [0.1, 0.15) is 24.0 Å². The molecule has 0 unspecified atom stereocenters. The Morgan fingerprint density at radius 1 is 1.21 bits per heavy atom. The average Bonchev–Trinajstić information content (AvgIpc) is 3.15. The first-order valence-electron chi connectivity index (χ1n) is 9.41. The smallest absolute Gasteiger partial charge is 0.326 e. The molecule has 2 heterocycles. The number of ether oxygens (including phenoxy) is 2. The van der Waals surface area contributed by atoms with Gasteiger partial charge < -0.3 is 9.47 Å². The van der Waals surface area contributed by atoms with E-state index in [1.54, 1.807) is 0 Å². The number of hydrogen-bond acceptors (Lipinski definition) is 6. The third kappa shape index (κ3) is 3.72. The van der Waals surface area contributed by atoms with Gasteiger partial charge in [-0.25, -0.2) is 4.98 Å². The van der Waals surface area contributed by atoms with Crippen LogP contribution < -0.4 is 5.56 Å². The molecule has 0 fully saturated rings. The number of benzene rings is 1. The SMILES string of the molecule is COCCOC(=O)Cn1cnc2scc(-c3ccc4c(c3)CCCC4)c2c1=O. The van der Waals surface area contributed by atoms with Crippen molar-refractivity contribution in [2.75, 3.05) is 20.3 Å². The fourth-order valence-corrected chi connectivity index (χ4v) is 4.52. The summed E-state index contributed by atoms with van der Waals surface area (Å²) < 4.78 is 11.2. The number of rotatable bonds is 6. The van der Waals surface area contributed by atoms with Crippen LogP contribution in [0.25, 0.3) is 21.3 Å². The van der Waals surface area contributed by atoms with E-state index in [0.717, 1.165) is 24.0 Å². The van der Waals surface area contributed by atoms with Gasteiger partial charge in [0.1, 0.15) is 18.0 Å². The molecule has 0 bridgehead atoms.